The van der Waals surface area contributed by atoms with E-state index in [0.717, 1.165) is 42.6 Å². The second-order valence-corrected chi connectivity index (χ2v) is 12.9. The van der Waals surface area contributed by atoms with Crippen molar-refractivity contribution in [3.63, 3.8) is 0 Å². The summed E-state index contributed by atoms with van der Waals surface area (Å²) in [6, 6.07) is 20.5. The quantitative estimate of drug-likeness (QED) is 0.133. The molecular formula is C34H34Cl2N4O4S. The van der Waals surface area contributed by atoms with Crippen molar-refractivity contribution >= 4 is 46.9 Å². The lowest BCUT2D eigenvalue weighted by Gasteiger charge is -2.30. The summed E-state index contributed by atoms with van der Waals surface area (Å²) in [5.41, 5.74) is 3.92. The van der Waals surface area contributed by atoms with Crippen LogP contribution in [0, 0.1) is 0 Å². The van der Waals surface area contributed by atoms with Crippen molar-refractivity contribution in [3.05, 3.63) is 105 Å². The lowest BCUT2D eigenvalue weighted by molar-refractivity contribution is -0.146. The summed E-state index contributed by atoms with van der Waals surface area (Å²) in [5, 5.41) is 9.87. The van der Waals surface area contributed by atoms with Crippen molar-refractivity contribution < 1.29 is 19.0 Å². The highest BCUT2D eigenvalue weighted by Crippen LogP contribution is 2.41. The van der Waals surface area contributed by atoms with E-state index in [0.29, 0.717) is 43.9 Å². The molecule has 3 aromatic carbocycles. The van der Waals surface area contributed by atoms with E-state index in [1.54, 1.807) is 23.9 Å². The van der Waals surface area contributed by atoms with Gasteiger partial charge in [-0.1, -0.05) is 83.8 Å². The van der Waals surface area contributed by atoms with E-state index < -0.39 is 6.04 Å². The van der Waals surface area contributed by atoms with Gasteiger partial charge in [0.1, 0.15) is 18.8 Å². The van der Waals surface area contributed by atoms with Crippen molar-refractivity contribution in [2.24, 2.45) is 0 Å². The number of hydrogen-bond donors (Lipinski definition) is 1. The molecule has 0 bridgehead atoms. The monoisotopic (exact) mass is 664 g/mol. The molecular weight excluding hydrogens is 631 g/mol. The standard InChI is InChI=1S/C34H34Cl2N4O4S/c1-21-30(32(41)44-26-11-7-4-8-12-26)31(40-33(37-21)38-34(39-40)45-20-22-9-5-3-6-10-22)23-14-16-28(29(17-23)42-2)43-19-24-13-15-25(35)18-27(24)36/h3,5-6,9-10,13-18,26,31H,4,7-8,11-12,19-20H2,1-2H3,(H,37,38,39). The molecule has 1 aliphatic carbocycles. The van der Waals surface area contributed by atoms with Gasteiger partial charge in [0.25, 0.3) is 0 Å². The van der Waals surface area contributed by atoms with E-state index in [2.05, 4.69) is 17.4 Å². The normalized spacial score (nSPS) is 16.6. The first-order valence-corrected chi connectivity index (χ1v) is 16.7. The number of aromatic nitrogens is 3. The SMILES string of the molecule is COc1cc(C2C(C(=O)OC3CCCCC3)=C(C)Nc3nc(SCc4ccccc4)nn32)ccc1OCc1ccc(Cl)cc1Cl. The number of ether oxygens (including phenoxy) is 3. The van der Waals surface area contributed by atoms with E-state index in [-0.39, 0.29) is 18.7 Å². The van der Waals surface area contributed by atoms with Crippen molar-refractivity contribution in [1.82, 2.24) is 14.8 Å². The van der Waals surface area contributed by atoms with Gasteiger partial charge in [0, 0.05) is 27.1 Å². The summed E-state index contributed by atoms with van der Waals surface area (Å²) in [6.07, 6.45) is 4.96. The van der Waals surface area contributed by atoms with E-state index in [4.69, 9.17) is 47.5 Å². The predicted molar refractivity (Wildman–Crippen MR) is 177 cm³/mol. The van der Waals surface area contributed by atoms with Crippen LogP contribution < -0.4 is 14.8 Å². The van der Waals surface area contributed by atoms with Gasteiger partial charge in [-0.2, -0.15) is 4.98 Å². The van der Waals surface area contributed by atoms with Crippen LogP contribution in [0.3, 0.4) is 0 Å². The number of halogens is 2. The molecule has 1 aromatic heterocycles. The molecule has 6 rings (SSSR count). The Morgan fingerprint density at radius 3 is 2.58 bits per heavy atom. The van der Waals surface area contributed by atoms with Crippen LogP contribution in [0.1, 0.15) is 61.8 Å². The van der Waals surface area contributed by atoms with Crippen molar-refractivity contribution in [3.8, 4) is 11.5 Å². The summed E-state index contributed by atoms with van der Waals surface area (Å²) in [6.45, 7) is 2.11. The number of esters is 1. The number of benzene rings is 3. The van der Waals surface area contributed by atoms with Gasteiger partial charge < -0.3 is 19.5 Å². The Balaban J connectivity index is 1.32. The molecule has 8 nitrogen and oxygen atoms in total. The number of nitrogens with zero attached hydrogens (tertiary/aromatic N) is 3. The molecule has 0 amide bonds. The average molecular weight is 666 g/mol. The van der Waals surface area contributed by atoms with Crippen LogP contribution in [-0.2, 0) is 21.9 Å². The molecule has 4 aromatic rings. The average Bonchev–Trinajstić information content (AvgIpc) is 3.46. The fraction of sp³-hybridized carbons (Fsp3) is 0.324. The van der Waals surface area contributed by atoms with E-state index >= 15 is 0 Å². The maximum atomic E-state index is 13.9. The minimum absolute atomic E-state index is 0.0914. The minimum atomic E-state index is -0.593. The Morgan fingerprint density at radius 2 is 1.82 bits per heavy atom. The second kappa shape index (κ2) is 14.2. The molecule has 0 radical (unpaired) electrons. The molecule has 0 saturated heterocycles. The number of allylic oxidation sites excluding steroid dienone is 1. The lowest BCUT2D eigenvalue weighted by Crippen LogP contribution is -2.32. The van der Waals surface area contributed by atoms with Crippen LogP contribution in [0.5, 0.6) is 11.5 Å². The molecule has 1 aliphatic heterocycles. The zero-order chi connectivity index (χ0) is 31.3. The number of nitrogens with one attached hydrogen (secondary N) is 1. The fourth-order valence-corrected chi connectivity index (χ4v) is 6.90. The first-order valence-electron chi connectivity index (χ1n) is 15.0. The largest absolute Gasteiger partial charge is 0.493 e. The highest BCUT2D eigenvalue weighted by atomic mass is 35.5. The molecule has 1 saturated carbocycles. The molecule has 1 unspecified atom stereocenters. The summed E-state index contributed by atoms with van der Waals surface area (Å²) in [5.74, 6) is 1.96. The highest BCUT2D eigenvalue weighted by molar-refractivity contribution is 7.98. The Bertz CT molecular complexity index is 1710. The zero-order valence-electron chi connectivity index (χ0n) is 25.1. The van der Waals surface area contributed by atoms with Gasteiger partial charge in [-0.25, -0.2) is 9.48 Å². The third-order valence-corrected chi connectivity index (χ3v) is 9.49. The maximum Gasteiger partial charge on any atom is 0.338 e. The molecule has 1 atom stereocenters. The van der Waals surface area contributed by atoms with Crippen molar-refractivity contribution in [2.75, 3.05) is 12.4 Å². The van der Waals surface area contributed by atoms with E-state index in [1.807, 2.05) is 49.4 Å². The lowest BCUT2D eigenvalue weighted by atomic mass is 9.94. The van der Waals surface area contributed by atoms with Crippen molar-refractivity contribution in [2.45, 2.75) is 68.7 Å². The van der Waals surface area contributed by atoms with Gasteiger partial charge >= 0.3 is 5.97 Å². The molecule has 45 heavy (non-hydrogen) atoms. The van der Waals surface area contributed by atoms with Crippen LogP contribution in [0.2, 0.25) is 10.0 Å². The van der Waals surface area contributed by atoms with Gasteiger partial charge in [0.2, 0.25) is 11.1 Å². The number of fused-ring (bicyclic) bond motifs is 1. The number of rotatable bonds is 10. The third kappa shape index (κ3) is 7.27. The number of anilines is 1. The number of carbonyl (C=O) groups is 1. The van der Waals surface area contributed by atoms with Gasteiger partial charge in [0.15, 0.2) is 11.5 Å². The smallest absolute Gasteiger partial charge is 0.338 e. The van der Waals surface area contributed by atoms with Crippen LogP contribution >= 0.6 is 35.0 Å². The summed E-state index contributed by atoms with van der Waals surface area (Å²) in [7, 11) is 1.59. The topological polar surface area (TPSA) is 87.5 Å². The van der Waals surface area contributed by atoms with Crippen molar-refractivity contribution in [1.29, 1.82) is 0 Å². The molecule has 1 N–H and O–H groups in total. The molecule has 234 valence electrons. The number of methoxy groups -OCH3 is 1. The molecule has 2 aliphatic rings. The number of hydrogen-bond acceptors (Lipinski definition) is 8. The molecule has 0 spiro atoms. The highest BCUT2D eigenvalue weighted by Gasteiger charge is 2.37. The van der Waals surface area contributed by atoms with Gasteiger partial charge in [-0.05, 0) is 68.0 Å². The summed E-state index contributed by atoms with van der Waals surface area (Å²) < 4.78 is 19.7. The third-order valence-electron chi connectivity index (χ3n) is 7.99. The maximum absolute atomic E-state index is 13.9. The van der Waals surface area contributed by atoms with E-state index in [1.165, 1.54) is 23.7 Å². The first-order chi connectivity index (χ1) is 21.9. The van der Waals surface area contributed by atoms with Crippen LogP contribution in [0.15, 0.2) is 83.2 Å². The summed E-state index contributed by atoms with van der Waals surface area (Å²) >= 11 is 14.0. The van der Waals surface area contributed by atoms with Crippen LogP contribution in [0.4, 0.5) is 5.95 Å². The Hall–Kier alpha value is -3.66. The first kappa shape index (κ1) is 31.3. The Kier molecular flexibility index (Phi) is 9.88. The fourth-order valence-electron chi connectivity index (χ4n) is 5.65. The predicted octanol–water partition coefficient (Wildman–Crippen LogP) is 8.63. The second-order valence-electron chi connectivity index (χ2n) is 11.1. The molecule has 1 fully saturated rings. The summed E-state index contributed by atoms with van der Waals surface area (Å²) in [4.78, 5) is 18.6. The van der Waals surface area contributed by atoms with Crippen LogP contribution in [0.25, 0.3) is 0 Å². The number of thioether (sulfide) groups is 1. The Morgan fingerprint density at radius 1 is 1.02 bits per heavy atom. The van der Waals surface area contributed by atoms with Gasteiger partial charge in [-0.3, -0.25) is 0 Å². The van der Waals surface area contributed by atoms with Gasteiger partial charge in [0.05, 0.1) is 12.7 Å². The minimum Gasteiger partial charge on any atom is -0.493 e. The number of carbonyl (C=O) groups excluding carboxylic acids is 1. The van der Waals surface area contributed by atoms with Crippen LogP contribution in [-0.4, -0.2) is 33.9 Å². The van der Waals surface area contributed by atoms with Gasteiger partial charge in [-0.15, -0.1) is 5.10 Å². The van der Waals surface area contributed by atoms with E-state index in [9.17, 15) is 4.79 Å². The molecule has 11 heteroatoms. The molecule has 2 heterocycles. The zero-order valence-corrected chi connectivity index (χ0v) is 27.4. The Labute approximate surface area is 277 Å².